The van der Waals surface area contributed by atoms with Crippen LogP contribution in [0.3, 0.4) is 0 Å². The molecule has 1 saturated carbocycles. The standard InChI is InChI=1S/C11H16N2O3S/c1-16-3-2-12-6-8-4-10(8)9-5-11(13(14)15)17-7-9/h5,7-8,10,12H,2-4,6H2,1H3. The van der Waals surface area contributed by atoms with Crippen LogP contribution in [0.15, 0.2) is 11.4 Å². The highest BCUT2D eigenvalue weighted by molar-refractivity contribution is 7.13. The Bertz CT molecular complexity index is 394. The van der Waals surface area contributed by atoms with Gasteiger partial charge in [0.15, 0.2) is 0 Å². The molecule has 1 aromatic rings. The third-order valence-corrected chi connectivity index (χ3v) is 3.92. The first kappa shape index (κ1) is 12.5. The molecule has 94 valence electrons. The molecule has 2 rings (SSSR count). The second-order valence-electron chi connectivity index (χ2n) is 4.27. The summed E-state index contributed by atoms with van der Waals surface area (Å²) >= 11 is 1.22. The van der Waals surface area contributed by atoms with Gasteiger partial charge in [-0.2, -0.15) is 0 Å². The van der Waals surface area contributed by atoms with E-state index in [1.54, 1.807) is 13.2 Å². The second-order valence-corrected chi connectivity index (χ2v) is 5.16. The first-order valence-corrected chi connectivity index (χ1v) is 6.53. The molecule has 0 aromatic carbocycles. The Labute approximate surface area is 104 Å². The van der Waals surface area contributed by atoms with Crippen molar-refractivity contribution in [2.75, 3.05) is 26.8 Å². The Morgan fingerprint density at radius 1 is 1.71 bits per heavy atom. The maximum Gasteiger partial charge on any atom is 0.324 e. The smallest absolute Gasteiger partial charge is 0.324 e. The van der Waals surface area contributed by atoms with Gasteiger partial charge in [-0.25, -0.2) is 0 Å². The number of nitro groups is 1. The lowest BCUT2D eigenvalue weighted by Gasteiger charge is -2.02. The van der Waals surface area contributed by atoms with Crippen molar-refractivity contribution < 1.29 is 9.66 Å². The number of nitrogens with one attached hydrogen (secondary N) is 1. The number of hydrogen-bond acceptors (Lipinski definition) is 5. The molecule has 2 atom stereocenters. The number of ether oxygens (including phenoxy) is 1. The number of thiophene rings is 1. The highest BCUT2D eigenvalue weighted by Gasteiger charge is 2.38. The van der Waals surface area contributed by atoms with Gasteiger partial charge in [-0.1, -0.05) is 11.3 Å². The Hall–Kier alpha value is -0.980. The summed E-state index contributed by atoms with van der Waals surface area (Å²) in [6, 6.07) is 1.71. The third kappa shape index (κ3) is 3.24. The fourth-order valence-corrected chi connectivity index (χ4v) is 2.76. The minimum Gasteiger partial charge on any atom is -0.383 e. The lowest BCUT2D eigenvalue weighted by molar-refractivity contribution is -0.380. The van der Waals surface area contributed by atoms with Gasteiger partial charge in [0.1, 0.15) is 0 Å². The zero-order valence-corrected chi connectivity index (χ0v) is 10.5. The summed E-state index contributed by atoms with van der Waals surface area (Å²) in [6.07, 6.45) is 1.13. The van der Waals surface area contributed by atoms with Gasteiger partial charge in [0.25, 0.3) is 0 Å². The van der Waals surface area contributed by atoms with E-state index in [2.05, 4.69) is 5.32 Å². The van der Waals surface area contributed by atoms with Gasteiger partial charge in [0.05, 0.1) is 11.5 Å². The summed E-state index contributed by atoms with van der Waals surface area (Å²) in [5.74, 6) is 1.14. The van der Waals surface area contributed by atoms with E-state index in [0.29, 0.717) is 11.8 Å². The fourth-order valence-electron chi connectivity index (χ4n) is 1.97. The molecule has 1 N–H and O–H groups in total. The molecule has 0 amide bonds. The van der Waals surface area contributed by atoms with Crippen LogP contribution >= 0.6 is 11.3 Å². The molecule has 1 heterocycles. The molecule has 0 bridgehead atoms. The van der Waals surface area contributed by atoms with Crippen LogP contribution in [0.5, 0.6) is 0 Å². The van der Waals surface area contributed by atoms with Gasteiger partial charge >= 0.3 is 5.00 Å². The van der Waals surface area contributed by atoms with E-state index >= 15 is 0 Å². The predicted octanol–water partition coefficient (Wildman–Crippen LogP) is 2.00. The summed E-state index contributed by atoms with van der Waals surface area (Å²) in [6.45, 7) is 2.56. The maximum atomic E-state index is 10.6. The van der Waals surface area contributed by atoms with Gasteiger partial charge in [-0.05, 0) is 30.4 Å². The Kier molecular flexibility index (Phi) is 4.09. The van der Waals surface area contributed by atoms with Crippen LogP contribution in [-0.4, -0.2) is 31.7 Å². The Balaban J connectivity index is 1.75. The van der Waals surface area contributed by atoms with Crippen LogP contribution in [0.2, 0.25) is 0 Å². The van der Waals surface area contributed by atoms with E-state index in [1.807, 2.05) is 5.38 Å². The highest BCUT2D eigenvalue weighted by Crippen LogP contribution is 2.48. The third-order valence-electron chi connectivity index (χ3n) is 3.03. The topological polar surface area (TPSA) is 64.4 Å². The largest absolute Gasteiger partial charge is 0.383 e. The molecule has 2 unspecified atom stereocenters. The van der Waals surface area contributed by atoms with Crippen molar-refractivity contribution in [1.29, 1.82) is 0 Å². The Morgan fingerprint density at radius 3 is 3.18 bits per heavy atom. The van der Waals surface area contributed by atoms with Crippen molar-refractivity contribution in [2.45, 2.75) is 12.3 Å². The molecule has 5 nitrogen and oxygen atoms in total. The molecule has 6 heteroatoms. The molecule has 1 fully saturated rings. The quantitative estimate of drug-likeness (QED) is 0.460. The van der Waals surface area contributed by atoms with Gasteiger partial charge in [0, 0.05) is 25.1 Å². The van der Waals surface area contributed by atoms with E-state index in [9.17, 15) is 10.1 Å². The molecule has 17 heavy (non-hydrogen) atoms. The number of rotatable bonds is 7. The molecule has 1 aliphatic carbocycles. The van der Waals surface area contributed by atoms with Crippen molar-refractivity contribution in [3.8, 4) is 0 Å². The second kappa shape index (κ2) is 5.57. The molecule has 0 aliphatic heterocycles. The van der Waals surface area contributed by atoms with Gasteiger partial charge in [-0.15, -0.1) is 0 Å². The van der Waals surface area contributed by atoms with E-state index in [4.69, 9.17) is 4.74 Å². The minimum atomic E-state index is -0.317. The first-order chi connectivity index (χ1) is 8.22. The monoisotopic (exact) mass is 256 g/mol. The number of nitrogens with zero attached hydrogens (tertiary/aromatic N) is 1. The predicted molar refractivity (Wildman–Crippen MR) is 66.6 cm³/mol. The number of hydrogen-bond donors (Lipinski definition) is 1. The molecular weight excluding hydrogens is 240 g/mol. The normalized spacial score (nSPS) is 22.6. The van der Waals surface area contributed by atoms with E-state index in [0.717, 1.165) is 31.7 Å². The zero-order chi connectivity index (χ0) is 12.3. The summed E-state index contributed by atoms with van der Waals surface area (Å²) in [4.78, 5) is 10.3. The van der Waals surface area contributed by atoms with Crippen LogP contribution in [0, 0.1) is 16.0 Å². The van der Waals surface area contributed by atoms with Gasteiger partial charge in [0.2, 0.25) is 0 Å². The van der Waals surface area contributed by atoms with Crippen LogP contribution in [0.4, 0.5) is 5.00 Å². The fraction of sp³-hybridized carbons (Fsp3) is 0.636. The molecule has 1 aromatic heterocycles. The lowest BCUT2D eigenvalue weighted by Crippen LogP contribution is -2.21. The maximum absolute atomic E-state index is 10.6. The average Bonchev–Trinajstić information content (AvgIpc) is 2.90. The van der Waals surface area contributed by atoms with Crippen LogP contribution in [-0.2, 0) is 4.74 Å². The van der Waals surface area contributed by atoms with Crippen molar-refractivity contribution in [1.82, 2.24) is 5.32 Å². The van der Waals surface area contributed by atoms with E-state index in [1.165, 1.54) is 11.3 Å². The average molecular weight is 256 g/mol. The summed E-state index contributed by atoms with van der Waals surface area (Å²) in [7, 11) is 1.69. The molecule has 0 spiro atoms. The molecule has 0 radical (unpaired) electrons. The number of methoxy groups -OCH3 is 1. The Morgan fingerprint density at radius 2 is 2.53 bits per heavy atom. The highest BCUT2D eigenvalue weighted by atomic mass is 32.1. The van der Waals surface area contributed by atoms with Crippen molar-refractivity contribution >= 4 is 16.3 Å². The first-order valence-electron chi connectivity index (χ1n) is 5.65. The van der Waals surface area contributed by atoms with Crippen molar-refractivity contribution in [3.63, 3.8) is 0 Å². The van der Waals surface area contributed by atoms with Crippen LogP contribution in [0.1, 0.15) is 17.9 Å². The van der Waals surface area contributed by atoms with Gasteiger partial charge < -0.3 is 10.1 Å². The zero-order valence-electron chi connectivity index (χ0n) is 9.72. The molecule has 0 saturated heterocycles. The summed E-state index contributed by atoms with van der Waals surface area (Å²) in [5.41, 5.74) is 1.13. The van der Waals surface area contributed by atoms with Gasteiger partial charge in [-0.3, -0.25) is 10.1 Å². The van der Waals surface area contributed by atoms with Crippen molar-refractivity contribution in [2.24, 2.45) is 5.92 Å². The van der Waals surface area contributed by atoms with Crippen LogP contribution < -0.4 is 5.32 Å². The SMILES string of the molecule is COCCNCC1CC1c1csc([N+](=O)[O-])c1. The van der Waals surface area contributed by atoms with Crippen molar-refractivity contribution in [3.05, 3.63) is 27.1 Å². The summed E-state index contributed by atoms with van der Waals surface area (Å²) < 4.78 is 4.95. The summed E-state index contributed by atoms with van der Waals surface area (Å²) in [5, 5.41) is 16.1. The molecular formula is C11H16N2O3S. The molecule has 1 aliphatic rings. The van der Waals surface area contributed by atoms with E-state index in [-0.39, 0.29) is 9.92 Å². The minimum absolute atomic E-state index is 0.248. The lowest BCUT2D eigenvalue weighted by atomic mass is 10.2. The van der Waals surface area contributed by atoms with Crippen LogP contribution in [0.25, 0.3) is 0 Å². The van der Waals surface area contributed by atoms with E-state index < -0.39 is 0 Å².